The average molecular weight is 382 g/mol. The summed E-state index contributed by atoms with van der Waals surface area (Å²) in [6.07, 6.45) is 3.63. The molecular weight excluding hydrogens is 363 g/mol. The fourth-order valence-corrected chi connectivity index (χ4v) is 1.88. The Hall–Kier alpha value is -1.63. The topological polar surface area (TPSA) is 49.3 Å². The molecule has 2 aromatic rings. The van der Waals surface area contributed by atoms with Crippen LogP contribution in [0.5, 0.6) is 0 Å². The summed E-state index contributed by atoms with van der Waals surface area (Å²) in [6.45, 7) is 5.07. The third-order valence-electron chi connectivity index (χ3n) is 2.82. The quantitative estimate of drug-likeness (QED) is 0.370. The lowest BCUT2D eigenvalue weighted by Crippen LogP contribution is -2.36. The molecule has 0 atom stereocenters. The van der Waals surface area contributed by atoms with Crippen molar-refractivity contribution in [2.45, 2.75) is 6.54 Å². The maximum absolute atomic E-state index is 4.35. The van der Waals surface area contributed by atoms with Crippen molar-refractivity contribution < 1.29 is 0 Å². The Labute approximate surface area is 136 Å². The van der Waals surface area contributed by atoms with E-state index in [1.807, 2.05) is 30.5 Å². The standard InChI is InChI=1S/C15H18N4.HI/c1-3-9-18-15(16-2)19-11-12-8-10-17-14-7-5-4-6-13(12)14;/h3-8,10H,1,9,11H2,2H3,(H2,16,18,19);1H. The van der Waals surface area contributed by atoms with E-state index < -0.39 is 0 Å². The first-order chi connectivity index (χ1) is 9.35. The minimum Gasteiger partial charge on any atom is -0.353 e. The van der Waals surface area contributed by atoms with Gasteiger partial charge in [0.05, 0.1) is 5.52 Å². The third kappa shape index (κ3) is 4.19. The highest BCUT2D eigenvalue weighted by Crippen LogP contribution is 2.15. The van der Waals surface area contributed by atoms with Gasteiger partial charge in [0.2, 0.25) is 0 Å². The molecule has 1 heterocycles. The Morgan fingerprint density at radius 3 is 2.85 bits per heavy atom. The Morgan fingerprint density at radius 2 is 2.10 bits per heavy atom. The van der Waals surface area contributed by atoms with Gasteiger partial charge in [-0.15, -0.1) is 30.6 Å². The Morgan fingerprint density at radius 1 is 1.30 bits per heavy atom. The number of hydrogen-bond donors (Lipinski definition) is 2. The van der Waals surface area contributed by atoms with Crippen molar-refractivity contribution in [3.63, 3.8) is 0 Å². The van der Waals surface area contributed by atoms with Gasteiger partial charge in [0, 0.05) is 31.7 Å². The fourth-order valence-electron chi connectivity index (χ4n) is 1.88. The number of aromatic nitrogens is 1. The van der Waals surface area contributed by atoms with Crippen LogP contribution in [0.25, 0.3) is 10.9 Å². The summed E-state index contributed by atoms with van der Waals surface area (Å²) in [5, 5.41) is 7.58. The normalized spacial score (nSPS) is 10.8. The summed E-state index contributed by atoms with van der Waals surface area (Å²) in [5.41, 5.74) is 2.21. The van der Waals surface area contributed by atoms with Crippen LogP contribution in [0, 0.1) is 0 Å². The summed E-state index contributed by atoms with van der Waals surface area (Å²) < 4.78 is 0. The van der Waals surface area contributed by atoms with Crippen LogP contribution >= 0.6 is 24.0 Å². The maximum atomic E-state index is 4.35. The van der Waals surface area contributed by atoms with Crippen LogP contribution in [0.4, 0.5) is 0 Å². The van der Waals surface area contributed by atoms with Crippen LogP contribution in [-0.4, -0.2) is 24.5 Å². The van der Waals surface area contributed by atoms with Crippen LogP contribution < -0.4 is 10.6 Å². The lowest BCUT2D eigenvalue weighted by Gasteiger charge is -2.11. The number of aliphatic imine (C=N–C) groups is 1. The predicted octanol–water partition coefficient (Wildman–Crippen LogP) is 2.70. The molecule has 106 valence electrons. The lowest BCUT2D eigenvalue weighted by molar-refractivity contribution is 0.851. The SMILES string of the molecule is C=CCNC(=NC)NCc1ccnc2ccccc12.I. The number of nitrogens with zero attached hydrogens (tertiary/aromatic N) is 2. The minimum atomic E-state index is 0. The van der Waals surface area contributed by atoms with Gasteiger partial charge in [-0.25, -0.2) is 0 Å². The van der Waals surface area contributed by atoms with Gasteiger partial charge in [-0.1, -0.05) is 24.3 Å². The number of para-hydroxylation sites is 1. The van der Waals surface area contributed by atoms with Gasteiger partial charge in [-0.05, 0) is 17.7 Å². The van der Waals surface area contributed by atoms with E-state index in [-0.39, 0.29) is 24.0 Å². The van der Waals surface area contributed by atoms with E-state index in [4.69, 9.17) is 0 Å². The lowest BCUT2D eigenvalue weighted by atomic mass is 10.1. The highest BCUT2D eigenvalue weighted by atomic mass is 127. The van der Waals surface area contributed by atoms with E-state index in [1.165, 1.54) is 5.56 Å². The van der Waals surface area contributed by atoms with Gasteiger partial charge in [0.15, 0.2) is 5.96 Å². The summed E-state index contributed by atoms with van der Waals surface area (Å²) in [5.74, 6) is 0.765. The molecule has 1 aromatic carbocycles. The van der Waals surface area contributed by atoms with Crippen molar-refractivity contribution in [1.82, 2.24) is 15.6 Å². The van der Waals surface area contributed by atoms with Crippen molar-refractivity contribution in [3.05, 3.63) is 54.7 Å². The largest absolute Gasteiger partial charge is 0.353 e. The molecule has 1 aromatic heterocycles. The fraction of sp³-hybridized carbons (Fsp3) is 0.200. The zero-order valence-electron chi connectivity index (χ0n) is 11.5. The monoisotopic (exact) mass is 382 g/mol. The first-order valence-corrected chi connectivity index (χ1v) is 6.23. The molecule has 0 aliphatic heterocycles. The summed E-state index contributed by atoms with van der Waals surface area (Å²) in [7, 11) is 1.75. The van der Waals surface area contributed by atoms with Crippen molar-refractivity contribution >= 4 is 40.8 Å². The Balaban J connectivity index is 0.00000200. The smallest absolute Gasteiger partial charge is 0.191 e. The van der Waals surface area contributed by atoms with Crippen molar-refractivity contribution in [3.8, 4) is 0 Å². The van der Waals surface area contributed by atoms with Crippen LogP contribution in [0.2, 0.25) is 0 Å². The van der Waals surface area contributed by atoms with Gasteiger partial charge in [-0.2, -0.15) is 0 Å². The van der Waals surface area contributed by atoms with Crippen LogP contribution in [0.1, 0.15) is 5.56 Å². The molecule has 0 aliphatic carbocycles. The molecule has 0 amide bonds. The zero-order valence-corrected chi connectivity index (χ0v) is 13.8. The third-order valence-corrected chi connectivity index (χ3v) is 2.82. The molecule has 0 fully saturated rings. The average Bonchev–Trinajstić information content (AvgIpc) is 2.47. The molecular formula is C15H19IN4. The zero-order chi connectivity index (χ0) is 13.5. The molecule has 0 radical (unpaired) electrons. The predicted molar refractivity (Wildman–Crippen MR) is 95.6 cm³/mol. The molecule has 0 unspecified atom stereocenters. The first-order valence-electron chi connectivity index (χ1n) is 6.23. The molecule has 0 bridgehead atoms. The van der Waals surface area contributed by atoms with Gasteiger partial charge in [0.1, 0.15) is 0 Å². The number of hydrogen-bond acceptors (Lipinski definition) is 2. The van der Waals surface area contributed by atoms with E-state index in [2.05, 4.69) is 33.3 Å². The van der Waals surface area contributed by atoms with Crippen LogP contribution in [0.3, 0.4) is 0 Å². The number of guanidine groups is 1. The molecule has 0 spiro atoms. The van der Waals surface area contributed by atoms with Crippen molar-refractivity contribution in [1.29, 1.82) is 0 Å². The molecule has 2 rings (SSSR count). The Kier molecular flexibility index (Phi) is 7.00. The first kappa shape index (κ1) is 16.4. The van der Waals surface area contributed by atoms with Gasteiger partial charge in [0.25, 0.3) is 0 Å². The number of fused-ring (bicyclic) bond motifs is 1. The highest BCUT2D eigenvalue weighted by Gasteiger charge is 2.02. The van der Waals surface area contributed by atoms with Crippen molar-refractivity contribution in [2.24, 2.45) is 4.99 Å². The Bertz CT molecular complexity index is 590. The summed E-state index contributed by atoms with van der Waals surface area (Å²) >= 11 is 0. The van der Waals surface area contributed by atoms with E-state index in [0.29, 0.717) is 13.1 Å². The van der Waals surface area contributed by atoms with E-state index >= 15 is 0 Å². The molecule has 0 aliphatic rings. The number of halogens is 1. The second-order valence-corrected chi connectivity index (χ2v) is 4.08. The van der Waals surface area contributed by atoms with E-state index in [1.54, 1.807) is 13.1 Å². The molecule has 20 heavy (non-hydrogen) atoms. The summed E-state index contributed by atoms with van der Waals surface area (Å²) in [4.78, 5) is 8.50. The number of nitrogens with one attached hydrogen (secondary N) is 2. The van der Waals surface area contributed by atoms with Crippen LogP contribution in [0.15, 0.2) is 54.2 Å². The molecule has 2 N–H and O–H groups in total. The number of benzene rings is 1. The summed E-state index contributed by atoms with van der Waals surface area (Å²) in [6, 6.07) is 10.1. The van der Waals surface area contributed by atoms with E-state index in [9.17, 15) is 0 Å². The number of pyridine rings is 1. The van der Waals surface area contributed by atoms with E-state index in [0.717, 1.165) is 16.9 Å². The molecule has 0 saturated heterocycles. The minimum absolute atomic E-state index is 0. The molecule has 0 saturated carbocycles. The second-order valence-electron chi connectivity index (χ2n) is 4.08. The molecule has 4 nitrogen and oxygen atoms in total. The van der Waals surface area contributed by atoms with Crippen LogP contribution in [-0.2, 0) is 6.54 Å². The van der Waals surface area contributed by atoms with Gasteiger partial charge >= 0.3 is 0 Å². The second kappa shape index (κ2) is 8.52. The van der Waals surface area contributed by atoms with Gasteiger partial charge in [-0.3, -0.25) is 9.98 Å². The van der Waals surface area contributed by atoms with Crippen molar-refractivity contribution in [2.75, 3.05) is 13.6 Å². The maximum Gasteiger partial charge on any atom is 0.191 e. The highest BCUT2D eigenvalue weighted by molar-refractivity contribution is 14.0. The number of rotatable bonds is 4. The molecule has 5 heteroatoms. The van der Waals surface area contributed by atoms with Gasteiger partial charge < -0.3 is 10.6 Å².